The molecule has 0 saturated carbocycles. The second kappa shape index (κ2) is 7.40. The number of hydrogen-bond acceptors (Lipinski definition) is 3. The molecule has 0 spiro atoms. The Hall–Kier alpha value is -2.47. The number of carbonyl (C=O) groups excluding carboxylic acids is 2. The van der Waals surface area contributed by atoms with Gasteiger partial charge in [-0.1, -0.05) is 24.4 Å². The standard InChI is InChI=1S/C18H19N3O2S/c22-16(15-4-3-9-19-17(15)24)20-12-13-5-7-14(8-6-13)18(23)21-10-1-2-11-21/h3-9H,1-2,10-12H2,(H,19,24)(H,20,22). The van der Waals surface area contributed by atoms with E-state index in [1.807, 2.05) is 29.2 Å². The number of nitrogens with one attached hydrogen (secondary N) is 2. The Morgan fingerprint density at radius 3 is 2.50 bits per heavy atom. The predicted octanol–water partition coefficient (Wildman–Crippen LogP) is 2.91. The summed E-state index contributed by atoms with van der Waals surface area (Å²) < 4.78 is 0.418. The molecule has 1 aliphatic rings. The number of benzene rings is 1. The summed E-state index contributed by atoms with van der Waals surface area (Å²) in [5.74, 6) is -0.132. The Morgan fingerprint density at radius 2 is 1.83 bits per heavy atom. The van der Waals surface area contributed by atoms with Crippen molar-refractivity contribution in [3.8, 4) is 0 Å². The third kappa shape index (κ3) is 3.71. The van der Waals surface area contributed by atoms with Crippen LogP contribution >= 0.6 is 12.2 Å². The monoisotopic (exact) mass is 341 g/mol. The number of nitrogens with zero attached hydrogens (tertiary/aromatic N) is 1. The molecule has 0 atom stereocenters. The Kier molecular flexibility index (Phi) is 5.05. The van der Waals surface area contributed by atoms with Crippen LogP contribution in [0.3, 0.4) is 0 Å². The van der Waals surface area contributed by atoms with E-state index in [0.717, 1.165) is 31.5 Å². The molecule has 1 aromatic heterocycles. The van der Waals surface area contributed by atoms with Crippen molar-refractivity contribution in [2.45, 2.75) is 19.4 Å². The minimum atomic E-state index is -0.214. The van der Waals surface area contributed by atoms with Crippen molar-refractivity contribution in [3.05, 3.63) is 63.9 Å². The largest absolute Gasteiger partial charge is 0.352 e. The number of amides is 2. The topological polar surface area (TPSA) is 65.2 Å². The van der Waals surface area contributed by atoms with Gasteiger partial charge in [-0.15, -0.1) is 0 Å². The molecule has 0 unspecified atom stereocenters. The summed E-state index contributed by atoms with van der Waals surface area (Å²) in [4.78, 5) is 29.1. The average Bonchev–Trinajstić information content (AvgIpc) is 3.14. The molecular weight excluding hydrogens is 322 g/mol. The quantitative estimate of drug-likeness (QED) is 0.841. The lowest BCUT2D eigenvalue weighted by molar-refractivity contribution is 0.0792. The van der Waals surface area contributed by atoms with Crippen molar-refractivity contribution in [3.63, 3.8) is 0 Å². The van der Waals surface area contributed by atoms with Crippen LogP contribution in [0.1, 0.15) is 39.1 Å². The van der Waals surface area contributed by atoms with Gasteiger partial charge in [-0.2, -0.15) is 0 Å². The fourth-order valence-electron chi connectivity index (χ4n) is 2.75. The molecule has 2 amide bonds. The fourth-order valence-corrected chi connectivity index (χ4v) is 2.97. The summed E-state index contributed by atoms with van der Waals surface area (Å²) >= 11 is 5.10. The van der Waals surface area contributed by atoms with Crippen LogP contribution in [0.25, 0.3) is 0 Å². The lowest BCUT2D eigenvalue weighted by Crippen LogP contribution is -2.27. The van der Waals surface area contributed by atoms with Crippen molar-refractivity contribution in [1.82, 2.24) is 15.2 Å². The fraction of sp³-hybridized carbons (Fsp3) is 0.278. The minimum absolute atomic E-state index is 0.0821. The third-order valence-electron chi connectivity index (χ3n) is 4.11. The number of carbonyl (C=O) groups is 2. The Labute approximate surface area is 145 Å². The number of rotatable bonds is 4. The van der Waals surface area contributed by atoms with E-state index >= 15 is 0 Å². The molecule has 2 N–H and O–H groups in total. The van der Waals surface area contributed by atoms with E-state index in [1.54, 1.807) is 18.3 Å². The van der Waals surface area contributed by atoms with Crippen molar-refractivity contribution in [1.29, 1.82) is 0 Å². The number of pyridine rings is 1. The lowest BCUT2D eigenvalue weighted by atomic mass is 10.1. The minimum Gasteiger partial charge on any atom is -0.352 e. The maximum atomic E-state index is 12.3. The van der Waals surface area contributed by atoms with Crippen LogP contribution < -0.4 is 5.32 Å². The molecule has 2 aromatic rings. The zero-order valence-corrected chi connectivity index (χ0v) is 14.1. The van der Waals surface area contributed by atoms with Gasteiger partial charge >= 0.3 is 0 Å². The maximum absolute atomic E-state index is 12.3. The second-order valence-corrected chi connectivity index (χ2v) is 6.20. The molecule has 1 aliphatic heterocycles. The molecule has 0 bridgehead atoms. The molecule has 124 valence electrons. The summed E-state index contributed by atoms with van der Waals surface area (Å²) in [6, 6.07) is 10.8. The van der Waals surface area contributed by atoms with Crippen LogP contribution in [-0.2, 0) is 6.54 Å². The van der Waals surface area contributed by atoms with Gasteiger partial charge in [0.25, 0.3) is 11.8 Å². The number of aromatic nitrogens is 1. The van der Waals surface area contributed by atoms with Gasteiger partial charge in [-0.3, -0.25) is 9.59 Å². The molecule has 1 fully saturated rings. The molecule has 5 nitrogen and oxygen atoms in total. The molecule has 3 rings (SSSR count). The molecule has 0 aliphatic carbocycles. The van der Waals surface area contributed by atoms with Crippen molar-refractivity contribution in [2.75, 3.05) is 13.1 Å². The Balaban J connectivity index is 1.60. The SMILES string of the molecule is O=C(NCc1ccc(C(=O)N2CCCC2)cc1)c1ccc[nH]c1=S. The van der Waals surface area contributed by atoms with Gasteiger partial charge in [0.05, 0.1) is 5.56 Å². The summed E-state index contributed by atoms with van der Waals surface area (Å²) in [6.45, 7) is 2.07. The van der Waals surface area contributed by atoms with E-state index in [0.29, 0.717) is 22.3 Å². The van der Waals surface area contributed by atoms with Crippen molar-refractivity contribution < 1.29 is 9.59 Å². The Morgan fingerprint density at radius 1 is 1.12 bits per heavy atom. The van der Waals surface area contributed by atoms with E-state index in [4.69, 9.17) is 12.2 Å². The number of likely N-dealkylation sites (tertiary alicyclic amines) is 1. The second-order valence-electron chi connectivity index (χ2n) is 5.79. The summed E-state index contributed by atoms with van der Waals surface area (Å²) in [6.07, 6.45) is 3.85. The Bertz CT molecular complexity index is 792. The lowest BCUT2D eigenvalue weighted by Gasteiger charge is -2.15. The van der Waals surface area contributed by atoms with E-state index in [-0.39, 0.29) is 11.8 Å². The zero-order valence-electron chi connectivity index (χ0n) is 13.2. The molecular formula is C18H19N3O2S. The molecule has 6 heteroatoms. The van der Waals surface area contributed by atoms with Gasteiger partial charge in [0.15, 0.2) is 0 Å². The zero-order chi connectivity index (χ0) is 16.9. The highest BCUT2D eigenvalue weighted by Gasteiger charge is 2.19. The first kappa shape index (κ1) is 16.4. The van der Waals surface area contributed by atoms with Crippen LogP contribution in [0, 0.1) is 4.64 Å². The van der Waals surface area contributed by atoms with Gasteiger partial charge < -0.3 is 15.2 Å². The van der Waals surface area contributed by atoms with E-state index in [9.17, 15) is 9.59 Å². The highest BCUT2D eigenvalue weighted by atomic mass is 32.1. The van der Waals surface area contributed by atoms with Gasteiger partial charge in [-0.05, 0) is 42.7 Å². The van der Waals surface area contributed by atoms with E-state index < -0.39 is 0 Å². The normalized spacial score (nSPS) is 13.8. The highest BCUT2D eigenvalue weighted by Crippen LogP contribution is 2.13. The smallest absolute Gasteiger partial charge is 0.254 e. The van der Waals surface area contributed by atoms with Gasteiger partial charge in [0.1, 0.15) is 4.64 Å². The van der Waals surface area contributed by atoms with Gasteiger partial charge in [0.2, 0.25) is 0 Å². The summed E-state index contributed by atoms with van der Waals surface area (Å²) in [5, 5.41) is 2.84. The van der Waals surface area contributed by atoms with Crippen LogP contribution in [-0.4, -0.2) is 34.8 Å². The number of H-pyrrole nitrogens is 1. The first-order chi connectivity index (χ1) is 11.6. The highest BCUT2D eigenvalue weighted by molar-refractivity contribution is 7.71. The number of hydrogen-bond donors (Lipinski definition) is 2. The van der Waals surface area contributed by atoms with Crippen LogP contribution in [0.4, 0.5) is 0 Å². The molecule has 0 radical (unpaired) electrons. The maximum Gasteiger partial charge on any atom is 0.254 e. The first-order valence-electron chi connectivity index (χ1n) is 7.99. The van der Waals surface area contributed by atoms with Crippen LogP contribution in [0.5, 0.6) is 0 Å². The third-order valence-corrected chi connectivity index (χ3v) is 4.45. The van der Waals surface area contributed by atoms with E-state index in [1.165, 1.54) is 0 Å². The van der Waals surface area contributed by atoms with Gasteiger partial charge in [0, 0.05) is 31.4 Å². The molecule has 24 heavy (non-hydrogen) atoms. The average molecular weight is 341 g/mol. The number of aromatic amines is 1. The molecule has 1 aromatic carbocycles. The van der Waals surface area contributed by atoms with Crippen LogP contribution in [0.2, 0.25) is 0 Å². The van der Waals surface area contributed by atoms with Crippen molar-refractivity contribution in [2.24, 2.45) is 0 Å². The summed E-state index contributed by atoms with van der Waals surface area (Å²) in [7, 11) is 0. The summed E-state index contributed by atoms with van der Waals surface area (Å²) in [5.41, 5.74) is 2.08. The van der Waals surface area contributed by atoms with Crippen molar-refractivity contribution >= 4 is 24.0 Å². The first-order valence-corrected chi connectivity index (χ1v) is 8.40. The van der Waals surface area contributed by atoms with Crippen LogP contribution in [0.15, 0.2) is 42.6 Å². The van der Waals surface area contributed by atoms with Gasteiger partial charge in [-0.25, -0.2) is 0 Å². The molecule has 2 heterocycles. The molecule has 1 saturated heterocycles. The van der Waals surface area contributed by atoms with E-state index in [2.05, 4.69) is 10.3 Å². The predicted molar refractivity (Wildman–Crippen MR) is 94.4 cm³/mol.